The molecule has 3 aromatic carbocycles. The summed E-state index contributed by atoms with van der Waals surface area (Å²) >= 11 is 0. The first-order valence-electron chi connectivity index (χ1n) is 13.7. The smallest absolute Gasteiger partial charge is 0.251 e. The van der Waals surface area contributed by atoms with Crippen LogP contribution in [-0.4, -0.2) is 60.7 Å². The fraction of sp³-hybridized carbons (Fsp3) is 0.344. The van der Waals surface area contributed by atoms with Gasteiger partial charge in [-0.2, -0.15) is 0 Å². The van der Waals surface area contributed by atoms with Gasteiger partial charge in [0.25, 0.3) is 5.91 Å². The minimum atomic E-state index is -0.0874. The molecule has 7 nitrogen and oxygen atoms in total. The van der Waals surface area contributed by atoms with E-state index in [-0.39, 0.29) is 5.91 Å². The molecule has 39 heavy (non-hydrogen) atoms. The summed E-state index contributed by atoms with van der Waals surface area (Å²) in [6, 6.07) is 21.7. The average molecular weight is 525 g/mol. The van der Waals surface area contributed by atoms with E-state index in [0.717, 1.165) is 59.0 Å². The Kier molecular flexibility index (Phi) is 8.37. The van der Waals surface area contributed by atoms with Gasteiger partial charge < -0.3 is 19.7 Å². The zero-order chi connectivity index (χ0) is 27.2. The van der Waals surface area contributed by atoms with Crippen molar-refractivity contribution in [3.63, 3.8) is 0 Å². The minimum Gasteiger partial charge on any atom is -0.497 e. The van der Waals surface area contributed by atoms with E-state index in [1.165, 1.54) is 19.3 Å². The SMILES string of the molecule is COc1ccc(-c2nc3ccc(C(=O)NCCCN4CCCC[C@H]4C)cc3nc2-c2ccc(OC)cc2)cc1. The maximum absolute atomic E-state index is 13.0. The second kappa shape index (κ2) is 12.3. The van der Waals surface area contributed by atoms with Crippen molar-refractivity contribution in [3.8, 4) is 34.0 Å². The number of hydrogen-bond donors (Lipinski definition) is 1. The van der Waals surface area contributed by atoms with Crippen LogP contribution in [0.4, 0.5) is 0 Å². The van der Waals surface area contributed by atoms with Crippen molar-refractivity contribution >= 4 is 16.9 Å². The molecule has 1 amide bonds. The predicted octanol–water partition coefficient (Wildman–Crippen LogP) is 5.98. The predicted molar refractivity (Wildman–Crippen MR) is 155 cm³/mol. The fourth-order valence-electron chi connectivity index (χ4n) is 5.17. The number of hydrogen-bond acceptors (Lipinski definition) is 6. The van der Waals surface area contributed by atoms with Gasteiger partial charge in [-0.05, 0) is 99.5 Å². The molecule has 0 radical (unpaired) electrons. The Morgan fingerprint density at radius 2 is 1.49 bits per heavy atom. The van der Waals surface area contributed by atoms with Gasteiger partial charge in [0, 0.05) is 35.8 Å². The molecule has 1 aromatic heterocycles. The molecular formula is C32H36N4O3. The van der Waals surface area contributed by atoms with Crippen LogP contribution in [0.1, 0.15) is 43.0 Å². The highest BCUT2D eigenvalue weighted by atomic mass is 16.5. The Bertz CT molecular complexity index is 1420. The van der Waals surface area contributed by atoms with Crippen LogP contribution < -0.4 is 14.8 Å². The van der Waals surface area contributed by atoms with Crippen LogP contribution in [0.15, 0.2) is 66.7 Å². The van der Waals surface area contributed by atoms with E-state index in [1.807, 2.05) is 66.7 Å². The number of amides is 1. The van der Waals surface area contributed by atoms with Crippen LogP contribution >= 0.6 is 0 Å². The number of likely N-dealkylation sites (tertiary alicyclic amines) is 1. The van der Waals surface area contributed by atoms with Crippen LogP contribution in [0.3, 0.4) is 0 Å². The summed E-state index contributed by atoms with van der Waals surface area (Å²) in [7, 11) is 3.30. The Hall–Kier alpha value is -3.97. The molecule has 5 rings (SSSR count). The molecule has 1 fully saturated rings. The van der Waals surface area contributed by atoms with Crippen LogP contribution in [-0.2, 0) is 0 Å². The summed E-state index contributed by atoms with van der Waals surface area (Å²) in [5, 5.41) is 3.09. The Balaban J connectivity index is 1.39. The molecule has 1 N–H and O–H groups in total. The van der Waals surface area contributed by atoms with E-state index in [4.69, 9.17) is 19.4 Å². The second-order valence-corrected chi connectivity index (χ2v) is 10.1. The fourth-order valence-corrected chi connectivity index (χ4v) is 5.17. The van der Waals surface area contributed by atoms with Crippen molar-refractivity contribution < 1.29 is 14.3 Å². The third-order valence-electron chi connectivity index (χ3n) is 7.50. The van der Waals surface area contributed by atoms with Gasteiger partial charge in [-0.1, -0.05) is 6.42 Å². The molecule has 2 heterocycles. The van der Waals surface area contributed by atoms with Gasteiger partial charge in [0.05, 0.1) is 36.6 Å². The van der Waals surface area contributed by atoms with Crippen LogP contribution in [0, 0.1) is 0 Å². The summed E-state index contributed by atoms with van der Waals surface area (Å²) in [5.41, 5.74) is 5.34. The lowest BCUT2D eigenvalue weighted by Gasteiger charge is -2.33. The largest absolute Gasteiger partial charge is 0.497 e. The first kappa shape index (κ1) is 26.6. The summed E-state index contributed by atoms with van der Waals surface area (Å²) in [5.74, 6) is 1.46. The lowest BCUT2D eigenvalue weighted by Crippen LogP contribution is -2.39. The van der Waals surface area contributed by atoms with Gasteiger partial charge in [0.1, 0.15) is 11.5 Å². The Labute approximate surface area is 230 Å². The summed E-state index contributed by atoms with van der Waals surface area (Å²) in [4.78, 5) is 25.5. The van der Waals surface area contributed by atoms with Gasteiger partial charge in [-0.3, -0.25) is 4.79 Å². The van der Waals surface area contributed by atoms with Crippen molar-refractivity contribution in [1.29, 1.82) is 0 Å². The molecular weight excluding hydrogens is 488 g/mol. The van der Waals surface area contributed by atoms with Gasteiger partial charge in [0.15, 0.2) is 0 Å². The van der Waals surface area contributed by atoms with Crippen molar-refractivity contribution in [2.75, 3.05) is 33.9 Å². The number of fused-ring (bicyclic) bond motifs is 1. The Morgan fingerprint density at radius 1 is 0.872 bits per heavy atom. The van der Waals surface area contributed by atoms with Gasteiger partial charge in [-0.15, -0.1) is 0 Å². The van der Waals surface area contributed by atoms with E-state index in [9.17, 15) is 4.79 Å². The molecule has 0 unspecified atom stereocenters. The summed E-state index contributed by atoms with van der Waals surface area (Å²) in [6.07, 6.45) is 4.80. The van der Waals surface area contributed by atoms with E-state index in [0.29, 0.717) is 23.7 Å². The van der Waals surface area contributed by atoms with E-state index < -0.39 is 0 Å². The molecule has 0 aliphatic carbocycles. The zero-order valence-electron chi connectivity index (χ0n) is 22.9. The lowest BCUT2D eigenvalue weighted by atomic mass is 10.0. The van der Waals surface area contributed by atoms with Gasteiger partial charge in [-0.25, -0.2) is 9.97 Å². The van der Waals surface area contributed by atoms with E-state index in [1.54, 1.807) is 14.2 Å². The van der Waals surface area contributed by atoms with Crippen molar-refractivity contribution in [2.24, 2.45) is 0 Å². The molecule has 1 saturated heterocycles. The van der Waals surface area contributed by atoms with Crippen LogP contribution in [0.25, 0.3) is 33.5 Å². The zero-order valence-corrected chi connectivity index (χ0v) is 22.9. The lowest BCUT2D eigenvalue weighted by molar-refractivity contribution is 0.0949. The highest BCUT2D eigenvalue weighted by Crippen LogP contribution is 2.33. The molecule has 0 saturated carbocycles. The standard InChI is InChI=1S/C32H36N4O3/c1-22-7-4-5-19-36(22)20-6-18-33-32(37)25-12-17-28-29(21-25)35-31(24-10-15-27(39-3)16-11-24)30(34-28)23-8-13-26(38-2)14-9-23/h8-17,21-22H,4-7,18-20H2,1-3H3,(H,33,37)/t22-/m1/s1. The first-order chi connectivity index (χ1) is 19.1. The first-order valence-corrected chi connectivity index (χ1v) is 13.7. The second-order valence-electron chi connectivity index (χ2n) is 10.1. The molecule has 1 aliphatic rings. The van der Waals surface area contributed by atoms with Gasteiger partial charge >= 0.3 is 0 Å². The van der Waals surface area contributed by atoms with E-state index in [2.05, 4.69) is 17.1 Å². The number of aromatic nitrogens is 2. The molecule has 0 spiro atoms. The maximum atomic E-state index is 13.0. The molecule has 202 valence electrons. The molecule has 1 aliphatic heterocycles. The highest BCUT2D eigenvalue weighted by Gasteiger charge is 2.18. The quantitative estimate of drug-likeness (QED) is 0.272. The van der Waals surface area contributed by atoms with E-state index >= 15 is 0 Å². The Morgan fingerprint density at radius 3 is 2.08 bits per heavy atom. The number of rotatable bonds is 9. The number of carbonyl (C=O) groups excluding carboxylic acids is 1. The average Bonchev–Trinajstić information content (AvgIpc) is 2.99. The monoisotopic (exact) mass is 524 g/mol. The topological polar surface area (TPSA) is 76.6 Å². The number of carbonyl (C=O) groups is 1. The number of nitrogens with one attached hydrogen (secondary N) is 1. The molecule has 0 bridgehead atoms. The summed E-state index contributed by atoms with van der Waals surface area (Å²) < 4.78 is 10.7. The number of methoxy groups -OCH3 is 2. The van der Waals surface area contributed by atoms with Crippen molar-refractivity contribution in [3.05, 3.63) is 72.3 Å². The van der Waals surface area contributed by atoms with Crippen molar-refractivity contribution in [2.45, 2.75) is 38.6 Å². The molecule has 1 atom stereocenters. The number of piperidine rings is 1. The van der Waals surface area contributed by atoms with Crippen molar-refractivity contribution in [1.82, 2.24) is 20.2 Å². The van der Waals surface area contributed by atoms with Crippen LogP contribution in [0.5, 0.6) is 11.5 Å². The third-order valence-corrected chi connectivity index (χ3v) is 7.50. The minimum absolute atomic E-state index is 0.0874. The summed E-state index contributed by atoms with van der Waals surface area (Å²) in [6.45, 7) is 5.13. The van der Waals surface area contributed by atoms with Gasteiger partial charge in [0.2, 0.25) is 0 Å². The molecule has 4 aromatic rings. The number of ether oxygens (including phenoxy) is 2. The highest BCUT2D eigenvalue weighted by molar-refractivity contribution is 5.98. The maximum Gasteiger partial charge on any atom is 0.251 e. The molecule has 7 heteroatoms. The van der Waals surface area contributed by atoms with Crippen LogP contribution in [0.2, 0.25) is 0 Å². The normalized spacial score (nSPS) is 15.7. The third kappa shape index (κ3) is 6.20. The number of nitrogens with zero attached hydrogens (tertiary/aromatic N) is 3. The number of benzene rings is 3.